The first-order valence-corrected chi connectivity index (χ1v) is 5.43. The lowest BCUT2D eigenvalue weighted by atomic mass is 9.97. The zero-order chi connectivity index (χ0) is 12.2. The van der Waals surface area contributed by atoms with Gasteiger partial charge in [0.2, 0.25) is 5.76 Å². The third-order valence-electron chi connectivity index (χ3n) is 2.85. The van der Waals surface area contributed by atoms with Crippen molar-refractivity contribution in [2.75, 3.05) is 6.54 Å². The summed E-state index contributed by atoms with van der Waals surface area (Å²) in [5.41, 5.74) is -0.294. The van der Waals surface area contributed by atoms with Crippen molar-refractivity contribution in [2.24, 2.45) is 0 Å². The molecule has 1 rings (SSSR count). The van der Waals surface area contributed by atoms with Crippen LogP contribution >= 0.6 is 0 Å². The molecule has 0 aromatic carbocycles. The number of nitrogens with one attached hydrogen (secondary N) is 1. The Morgan fingerprint density at radius 2 is 2.19 bits per heavy atom. The Kier molecular flexibility index (Phi) is 4.06. The van der Waals surface area contributed by atoms with Crippen molar-refractivity contribution in [1.29, 1.82) is 0 Å². The lowest BCUT2D eigenvalue weighted by Crippen LogP contribution is -2.42. The van der Waals surface area contributed by atoms with Crippen molar-refractivity contribution in [3.05, 3.63) is 17.8 Å². The lowest BCUT2D eigenvalue weighted by Gasteiger charge is -2.25. The molecule has 5 nitrogen and oxygen atoms in total. The molecule has 16 heavy (non-hydrogen) atoms. The number of carbonyl (C=O) groups is 1. The largest absolute Gasteiger partial charge is 0.438 e. The van der Waals surface area contributed by atoms with Crippen molar-refractivity contribution >= 4 is 5.91 Å². The first-order valence-electron chi connectivity index (χ1n) is 5.43. The summed E-state index contributed by atoms with van der Waals surface area (Å²) in [6, 6.07) is 0. The quantitative estimate of drug-likeness (QED) is 0.792. The van der Waals surface area contributed by atoms with Crippen molar-refractivity contribution in [3.8, 4) is 0 Å². The van der Waals surface area contributed by atoms with Crippen LogP contribution in [-0.2, 0) is 0 Å². The summed E-state index contributed by atoms with van der Waals surface area (Å²) in [6.45, 7) is 5.69. The average Bonchev–Trinajstić information content (AvgIpc) is 2.72. The van der Waals surface area contributed by atoms with Crippen LogP contribution in [0.4, 0.5) is 0 Å². The number of nitrogens with zero attached hydrogens (tertiary/aromatic N) is 1. The van der Waals surface area contributed by atoms with E-state index in [4.69, 9.17) is 4.42 Å². The molecule has 0 aliphatic rings. The van der Waals surface area contributed by atoms with Crippen molar-refractivity contribution in [3.63, 3.8) is 0 Å². The second-order valence-electron chi connectivity index (χ2n) is 3.88. The highest BCUT2D eigenvalue weighted by molar-refractivity contribution is 5.92. The van der Waals surface area contributed by atoms with Gasteiger partial charge in [-0.15, -0.1) is 0 Å². The van der Waals surface area contributed by atoms with E-state index < -0.39 is 5.60 Å². The molecule has 0 atom stereocenters. The van der Waals surface area contributed by atoms with Crippen LogP contribution in [-0.4, -0.2) is 28.1 Å². The fourth-order valence-electron chi connectivity index (χ4n) is 1.34. The van der Waals surface area contributed by atoms with E-state index in [9.17, 15) is 9.90 Å². The van der Waals surface area contributed by atoms with Crippen LogP contribution in [0.3, 0.4) is 0 Å². The monoisotopic (exact) mass is 226 g/mol. The molecule has 0 unspecified atom stereocenters. The van der Waals surface area contributed by atoms with E-state index in [1.54, 1.807) is 6.92 Å². The van der Waals surface area contributed by atoms with Crippen LogP contribution in [0.25, 0.3) is 0 Å². The standard InChI is InChI=1S/C11H18N2O3/c1-4-11(15,5-2)6-12-10(14)9-8(3)13-7-16-9/h7,15H,4-6H2,1-3H3,(H,12,14). The van der Waals surface area contributed by atoms with Gasteiger partial charge in [0.05, 0.1) is 11.3 Å². The zero-order valence-corrected chi connectivity index (χ0v) is 9.91. The number of hydrogen-bond acceptors (Lipinski definition) is 4. The van der Waals surface area contributed by atoms with Gasteiger partial charge in [-0.25, -0.2) is 4.98 Å². The van der Waals surface area contributed by atoms with Crippen LogP contribution in [0.15, 0.2) is 10.8 Å². The Bertz CT molecular complexity index is 356. The van der Waals surface area contributed by atoms with E-state index in [1.807, 2.05) is 13.8 Å². The SMILES string of the molecule is CCC(O)(CC)CNC(=O)c1ocnc1C. The first kappa shape index (κ1) is 12.7. The Labute approximate surface area is 94.9 Å². The van der Waals surface area contributed by atoms with Gasteiger partial charge in [-0.2, -0.15) is 0 Å². The minimum Gasteiger partial charge on any atom is -0.438 e. The highest BCUT2D eigenvalue weighted by Crippen LogP contribution is 2.13. The summed E-state index contributed by atoms with van der Waals surface area (Å²) in [6.07, 6.45) is 2.43. The third-order valence-corrected chi connectivity index (χ3v) is 2.85. The number of oxazole rings is 1. The maximum atomic E-state index is 11.6. The zero-order valence-electron chi connectivity index (χ0n) is 9.91. The second-order valence-corrected chi connectivity index (χ2v) is 3.88. The number of carbonyl (C=O) groups excluding carboxylic acids is 1. The maximum Gasteiger partial charge on any atom is 0.289 e. The third kappa shape index (κ3) is 2.82. The lowest BCUT2D eigenvalue weighted by molar-refractivity contribution is 0.0309. The van der Waals surface area contributed by atoms with Crippen molar-refractivity contribution in [2.45, 2.75) is 39.2 Å². The fourth-order valence-corrected chi connectivity index (χ4v) is 1.34. The van der Waals surface area contributed by atoms with Gasteiger partial charge < -0.3 is 14.8 Å². The second kappa shape index (κ2) is 5.12. The molecule has 1 aromatic heterocycles. The van der Waals surface area contributed by atoms with Gasteiger partial charge in [-0.3, -0.25) is 4.79 Å². The molecule has 0 aliphatic carbocycles. The van der Waals surface area contributed by atoms with Crippen LogP contribution in [0.5, 0.6) is 0 Å². The van der Waals surface area contributed by atoms with Gasteiger partial charge >= 0.3 is 0 Å². The minimum atomic E-state index is -0.844. The van der Waals surface area contributed by atoms with E-state index in [2.05, 4.69) is 10.3 Å². The molecule has 2 N–H and O–H groups in total. The Hall–Kier alpha value is -1.36. The van der Waals surface area contributed by atoms with Gasteiger partial charge in [0.15, 0.2) is 6.39 Å². The summed E-state index contributed by atoms with van der Waals surface area (Å²) in [5.74, 6) is -0.134. The van der Waals surface area contributed by atoms with E-state index in [0.717, 1.165) is 0 Å². The Morgan fingerprint density at radius 1 is 1.56 bits per heavy atom. The van der Waals surface area contributed by atoms with E-state index in [-0.39, 0.29) is 18.2 Å². The number of aryl methyl sites for hydroxylation is 1. The molecule has 1 heterocycles. The summed E-state index contributed by atoms with van der Waals surface area (Å²) >= 11 is 0. The van der Waals surface area contributed by atoms with Gasteiger partial charge in [0.1, 0.15) is 0 Å². The molecule has 1 aromatic rings. The predicted molar refractivity (Wildman–Crippen MR) is 59.1 cm³/mol. The molecule has 0 saturated heterocycles. The first-order chi connectivity index (χ1) is 7.52. The Morgan fingerprint density at radius 3 is 2.62 bits per heavy atom. The van der Waals surface area contributed by atoms with Crippen molar-refractivity contribution < 1.29 is 14.3 Å². The molecule has 0 bridgehead atoms. The molecule has 0 aliphatic heterocycles. The highest BCUT2D eigenvalue weighted by atomic mass is 16.3. The predicted octanol–water partition coefficient (Wildman–Crippen LogP) is 1.26. The molecule has 0 fully saturated rings. The maximum absolute atomic E-state index is 11.6. The van der Waals surface area contributed by atoms with Gasteiger partial charge in [0.25, 0.3) is 5.91 Å². The molecule has 0 radical (unpaired) electrons. The van der Waals surface area contributed by atoms with Crippen molar-refractivity contribution in [1.82, 2.24) is 10.3 Å². The summed E-state index contributed by atoms with van der Waals surface area (Å²) in [4.78, 5) is 15.5. The van der Waals surface area contributed by atoms with Crippen LogP contribution in [0.1, 0.15) is 42.9 Å². The normalized spacial score (nSPS) is 11.5. The molecule has 0 saturated carbocycles. The summed E-state index contributed by atoms with van der Waals surface area (Å²) in [5, 5.41) is 12.6. The highest BCUT2D eigenvalue weighted by Gasteiger charge is 2.24. The Balaban J connectivity index is 2.57. The average molecular weight is 226 g/mol. The molecule has 5 heteroatoms. The number of amides is 1. The number of aliphatic hydroxyl groups is 1. The molecule has 1 amide bonds. The van der Waals surface area contributed by atoms with Gasteiger partial charge in [0, 0.05) is 6.54 Å². The van der Waals surface area contributed by atoms with E-state index >= 15 is 0 Å². The number of rotatable bonds is 5. The summed E-state index contributed by atoms with van der Waals surface area (Å²) in [7, 11) is 0. The molecular formula is C11H18N2O3. The van der Waals surface area contributed by atoms with E-state index in [0.29, 0.717) is 18.5 Å². The van der Waals surface area contributed by atoms with Crippen LogP contribution in [0, 0.1) is 6.92 Å². The summed E-state index contributed by atoms with van der Waals surface area (Å²) < 4.78 is 4.95. The van der Waals surface area contributed by atoms with Crippen LogP contribution < -0.4 is 5.32 Å². The smallest absolute Gasteiger partial charge is 0.289 e. The van der Waals surface area contributed by atoms with Crippen LogP contribution in [0.2, 0.25) is 0 Å². The van der Waals surface area contributed by atoms with E-state index in [1.165, 1.54) is 6.39 Å². The fraction of sp³-hybridized carbons (Fsp3) is 0.636. The topological polar surface area (TPSA) is 75.4 Å². The molecular weight excluding hydrogens is 208 g/mol. The van der Waals surface area contributed by atoms with Gasteiger partial charge in [-0.05, 0) is 19.8 Å². The molecule has 0 spiro atoms. The minimum absolute atomic E-state index is 0.203. The molecule has 90 valence electrons. The number of hydrogen-bond donors (Lipinski definition) is 2. The number of aromatic nitrogens is 1. The van der Waals surface area contributed by atoms with Gasteiger partial charge in [-0.1, -0.05) is 13.8 Å².